The molecule has 0 amide bonds. The van der Waals surface area contributed by atoms with Crippen LogP contribution in [0, 0.1) is 0 Å². The van der Waals surface area contributed by atoms with Gasteiger partial charge in [0.1, 0.15) is 19.3 Å². The van der Waals surface area contributed by atoms with Gasteiger partial charge in [0, 0.05) is 19.8 Å². The fourth-order valence-electron chi connectivity index (χ4n) is 3.72. The number of phosphoric ester groups is 1. The van der Waals surface area contributed by atoms with Crippen molar-refractivity contribution in [3.05, 3.63) is 0 Å². The van der Waals surface area contributed by atoms with Gasteiger partial charge in [-0.3, -0.25) is 18.6 Å². The zero-order chi connectivity index (χ0) is 28.0. The Labute approximate surface area is 225 Å². The van der Waals surface area contributed by atoms with Crippen LogP contribution in [0.25, 0.3) is 0 Å². The van der Waals surface area contributed by atoms with Gasteiger partial charge < -0.3 is 18.9 Å². The lowest BCUT2D eigenvalue weighted by Gasteiger charge is -2.24. The number of likely N-dealkylation sites (N-methyl/N-ethyl adjacent to an activating group) is 1. The molecule has 0 spiro atoms. The van der Waals surface area contributed by atoms with E-state index in [4.69, 9.17) is 18.5 Å². The summed E-state index contributed by atoms with van der Waals surface area (Å²) in [6, 6.07) is 0. The highest BCUT2D eigenvalue weighted by molar-refractivity contribution is 7.47. The number of esters is 2. The highest BCUT2D eigenvalue weighted by Gasteiger charge is 2.25. The Morgan fingerprint density at radius 3 is 1.81 bits per heavy atom. The molecular formula is C27H55NO8P+. The van der Waals surface area contributed by atoms with E-state index in [-0.39, 0.29) is 32.2 Å². The quantitative estimate of drug-likeness (QED) is 0.0620. The third kappa shape index (κ3) is 26.4. The summed E-state index contributed by atoms with van der Waals surface area (Å²) in [7, 11) is 1.53. The lowest BCUT2D eigenvalue weighted by molar-refractivity contribution is -0.870. The molecule has 0 aliphatic heterocycles. The predicted molar refractivity (Wildman–Crippen MR) is 146 cm³/mol. The van der Waals surface area contributed by atoms with Gasteiger partial charge in [0.05, 0.1) is 34.4 Å². The van der Waals surface area contributed by atoms with Crippen LogP contribution in [-0.4, -0.2) is 74.9 Å². The summed E-state index contributed by atoms with van der Waals surface area (Å²) >= 11 is 0. The van der Waals surface area contributed by atoms with Gasteiger partial charge in [-0.2, -0.15) is 0 Å². The van der Waals surface area contributed by atoms with Gasteiger partial charge in [0.25, 0.3) is 0 Å². The van der Waals surface area contributed by atoms with Crippen molar-refractivity contribution in [2.75, 3.05) is 47.5 Å². The molecule has 0 aliphatic rings. The number of quaternary nitrogens is 1. The van der Waals surface area contributed by atoms with Crippen molar-refractivity contribution in [2.24, 2.45) is 0 Å². The molecule has 0 saturated carbocycles. The summed E-state index contributed by atoms with van der Waals surface area (Å²) in [6.45, 7) is 3.77. The van der Waals surface area contributed by atoms with Gasteiger partial charge in [0.2, 0.25) is 0 Å². The van der Waals surface area contributed by atoms with Gasteiger partial charge in [-0.05, 0) is 6.42 Å². The molecule has 0 heterocycles. The molecule has 0 bridgehead atoms. The minimum Gasteiger partial charge on any atom is -0.466 e. The summed E-state index contributed by atoms with van der Waals surface area (Å²) < 4.78 is 32.9. The van der Waals surface area contributed by atoms with Gasteiger partial charge in [0.15, 0.2) is 0 Å². The molecule has 37 heavy (non-hydrogen) atoms. The van der Waals surface area contributed by atoms with E-state index in [9.17, 15) is 19.0 Å². The van der Waals surface area contributed by atoms with Crippen LogP contribution in [0.15, 0.2) is 0 Å². The Morgan fingerprint density at radius 1 is 0.811 bits per heavy atom. The smallest absolute Gasteiger partial charge is 0.466 e. The average Bonchev–Trinajstić information content (AvgIpc) is 2.79. The minimum atomic E-state index is -4.27. The van der Waals surface area contributed by atoms with Crippen LogP contribution in [-0.2, 0) is 32.7 Å². The summed E-state index contributed by atoms with van der Waals surface area (Å²) in [5.41, 5.74) is 0. The van der Waals surface area contributed by atoms with Crippen LogP contribution < -0.4 is 0 Å². The van der Waals surface area contributed by atoms with E-state index in [1.54, 1.807) is 0 Å². The molecule has 0 rings (SSSR count). The molecule has 2 atom stereocenters. The fraction of sp³-hybridized carbons (Fsp3) is 0.926. The molecule has 0 saturated heterocycles. The van der Waals surface area contributed by atoms with Crippen LogP contribution in [0.4, 0.5) is 0 Å². The van der Waals surface area contributed by atoms with Crippen molar-refractivity contribution >= 4 is 19.8 Å². The molecule has 0 aromatic carbocycles. The lowest BCUT2D eigenvalue weighted by Crippen LogP contribution is -2.37. The van der Waals surface area contributed by atoms with Crippen molar-refractivity contribution < 1.29 is 42.1 Å². The number of nitrogens with zero attached hydrogens (tertiary/aromatic N) is 1. The first-order chi connectivity index (χ1) is 17.4. The molecule has 9 nitrogen and oxygen atoms in total. The number of phosphoric acid groups is 1. The molecule has 0 aromatic heterocycles. The lowest BCUT2D eigenvalue weighted by atomic mass is 10.0. The first-order valence-electron chi connectivity index (χ1n) is 14.2. The second-order valence-corrected chi connectivity index (χ2v) is 12.3. The first-order valence-corrected chi connectivity index (χ1v) is 15.7. The molecule has 0 radical (unpaired) electrons. The van der Waals surface area contributed by atoms with Gasteiger partial charge in [-0.25, -0.2) is 4.57 Å². The van der Waals surface area contributed by atoms with Crippen molar-refractivity contribution in [3.8, 4) is 0 Å². The fourth-order valence-corrected chi connectivity index (χ4v) is 4.46. The van der Waals surface area contributed by atoms with Gasteiger partial charge in [-0.15, -0.1) is 0 Å². The van der Waals surface area contributed by atoms with Crippen LogP contribution in [0.2, 0.25) is 0 Å². The normalized spacial score (nSPS) is 14.2. The third-order valence-corrected chi connectivity index (χ3v) is 6.94. The van der Waals surface area contributed by atoms with Crippen molar-refractivity contribution in [1.82, 2.24) is 0 Å². The number of carbonyl (C=O) groups excluding carboxylic acids is 2. The summed E-state index contributed by atoms with van der Waals surface area (Å²) in [5.74, 6) is -0.840. The SMILES string of the molecule is CCCCCCCCCCCCCCCC(=O)OCCC(COP(=O)(O)OCC[N+](C)(C)C)OC(C)=O. The standard InChI is InChI=1S/C27H54NO8P/c1-6-7-8-9-10-11-12-13-14-15-16-17-18-19-27(30)33-22-20-26(36-25(2)29)24-35-37(31,32)34-23-21-28(3,4)5/h26H,6-24H2,1-5H3/p+1. The highest BCUT2D eigenvalue weighted by Crippen LogP contribution is 2.43. The highest BCUT2D eigenvalue weighted by atomic mass is 31.2. The van der Waals surface area contributed by atoms with Crippen LogP contribution in [0.1, 0.15) is 110 Å². The van der Waals surface area contributed by atoms with E-state index in [1.165, 1.54) is 71.1 Å². The van der Waals surface area contributed by atoms with Gasteiger partial charge >= 0.3 is 19.8 Å². The van der Waals surface area contributed by atoms with E-state index >= 15 is 0 Å². The Balaban J connectivity index is 3.91. The van der Waals surface area contributed by atoms with Gasteiger partial charge in [-0.1, -0.05) is 84.0 Å². The molecule has 0 fully saturated rings. The zero-order valence-corrected chi connectivity index (χ0v) is 25.1. The number of unbranched alkanes of at least 4 members (excludes halogenated alkanes) is 12. The van der Waals surface area contributed by atoms with E-state index in [2.05, 4.69) is 6.92 Å². The van der Waals surface area contributed by atoms with Crippen molar-refractivity contribution in [1.29, 1.82) is 0 Å². The van der Waals surface area contributed by atoms with E-state index in [1.807, 2.05) is 21.1 Å². The number of rotatable bonds is 25. The van der Waals surface area contributed by atoms with E-state index in [0.717, 1.165) is 19.3 Å². The molecule has 0 aliphatic carbocycles. The van der Waals surface area contributed by atoms with E-state index in [0.29, 0.717) is 17.4 Å². The number of ether oxygens (including phenoxy) is 2. The first kappa shape index (κ1) is 36.0. The Kier molecular flexibility index (Phi) is 21.3. The maximum Gasteiger partial charge on any atom is 0.472 e. The van der Waals surface area contributed by atoms with Crippen molar-refractivity contribution in [2.45, 2.75) is 116 Å². The summed E-state index contributed by atoms with van der Waals surface area (Å²) in [4.78, 5) is 33.2. The molecule has 220 valence electrons. The molecule has 0 aromatic rings. The maximum atomic E-state index is 12.1. The Morgan fingerprint density at radius 2 is 1.32 bits per heavy atom. The number of hydrogen-bond donors (Lipinski definition) is 1. The average molecular weight is 553 g/mol. The summed E-state index contributed by atoms with van der Waals surface area (Å²) in [5, 5.41) is 0. The largest absolute Gasteiger partial charge is 0.472 e. The summed E-state index contributed by atoms with van der Waals surface area (Å²) in [6.07, 6.45) is 15.9. The monoisotopic (exact) mass is 552 g/mol. The van der Waals surface area contributed by atoms with Crippen molar-refractivity contribution in [3.63, 3.8) is 0 Å². The molecular weight excluding hydrogens is 497 g/mol. The van der Waals surface area contributed by atoms with E-state index < -0.39 is 19.9 Å². The molecule has 10 heteroatoms. The Hall–Kier alpha value is -0.990. The minimum absolute atomic E-state index is 0.0384. The van der Waals surface area contributed by atoms with Crippen LogP contribution >= 0.6 is 7.82 Å². The van der Waals surface area contributed by atoms with Crippen LogP contribution in [0.5, 0.6) is 0 Å². The topological polar surface area (TPSA) is 108 Å². The second-order valence-electron chi connectivity index (χ2n) is 10.8. The second kappa shape index (κ2) is 21.9. The van der Waals surface area contributed by atoms with Crippen LogP contribution in [0.3, 0.4) is 0 Å². The molecule has 1 N–H and O–H groups in total. The predicted octanol–water partition coefficient (Wildman–Crippen LogP) is 6.17. The zero-order valence-electron chi connectivity index (χ0n) is 24.2. The maximum absolute atomic E-state index is 12.1. The third-order valence-electron chi connectivity index (χ3n) is 5.96. The Bertz CT molecular complexity index is 638. The number of carbonyl (C=O) groups is 2. The molecule has 2 unspecified atom stereocenters. The number of hydrogen-bond acceptors (Lipinski definition) is 7.